The normalized spacial score (nSPS) is 29.8. The summed E-state index contributed by atoms with van der Waals surface area (Å²) in [4.78, 5) is 0. The van der Waals surface area contributed by atoms with E-state index in [4.69, 9.17) is 0 Å². The van der Waals surface area contributed by atoms with Crippen molar-refractivity contribution in [1.29, 1.82) is 0 Å². The van der Waals surface area contributed by atoms with Crippen LogP contribution in [0.2, 0.25) is 0 Å². The maximum atomic E-state index is 10.2. The van der Waals surface area contributed by atoms with Crippen molar-refractivity contribution >= 4 is 0 Å². The summed E-state index contributed by atoms with van der Waals surface area (Å²) in [6, 6.07) is 0. The van der Waals surface area contributed by atoms with Crippen molar-refractivity contribution in [3.05, 3.63) is 0 Å². The molecule has 1 heterocycles. The molecule has 2 fully saturated rings. The average Bonchev–Trinajstić information content (AvgIpc) is 1.99. The summed E-state index contributed by atoms with van der Waals surface area (Å²) < 4.78 is 0. The molecule has 0 bridgehead atoms. The summed E-state index contributed by atoms with van der Waals surface area (Å²) in [7, 11) is 0. The fraction of sp³-hybridized carbons (Fsp3) is 1.00. The highest BCUT2D eigenvalue weighted by atomic mass is 16.3. The van der Waals surface area contributed by atoms with Gasteiger partial charge in [-0.25, -0.2) is 0 Å². The molecule has 0 aromatic heterocycles. The molecule has 70 valence electrons. The molecular weight excluding hydrogens is 150 g/mol. The van der Waals surface area contributed by atoms with E-state index in [0.29, 0.717) is 0 Å². The van der Waals surface area contributed by atoms with Gasteiger partial charge in [0.2, 0.25) is 0 Å². The Bertz CT molecular complexity index is 148. The summed E-state index contributed by atoms with van der Waals surface area (Å²) in [5, 5.41) is 13.5. The molecule has 2 aliphatic rings. The van der Waals surface area contributed by atoms with Crippen molar-refractivity contribution in [1.82, 2.24) is 5.32 Å². The van der Waals surface area contributed by atoms with E-state index >= 15 is 0 Å². The van der Waals surface area contributed by atoms with E-state index in [-0.39, 0.29) is 5.60 Å². The molecule has 0 aromatic rings. The van der Waals surface area contributed by atoms with Crippen LogP contribution in [0, 0.1) is 5.92 Å². The first-order valence-electron chi connectivity index (χ1n) is 5.22. The quantitative estimate of drug-likeness (QED) is 0.653. The molecule has 0 amide bonds. The molecule has 12 heavy (non-hydrogen) atoms. The Balaban J connectivity index is 1.81. The molecule has 2 nitrogen and oxygen atoms in total. The molecular formula is C10H19NO. The number of rotatable bonds is 2. The van der Waals surface area contributed by atoms with E-state index in [9.17, 15) is 5.11 Å². The monoisotopic (exact) mass is 169 g/mol. The van der Waals surface area contributed by atoms with Crippen LogP contribution in [0.1, 0.15) is 38.5 Å². The Hall–Kier alpha value is -0.0800. The lowest BCUT2D eigenvalue weighted by Gasteiger charge is -2.38. The predicted octanol–water partition coefficient (Wildman–Crippen LogP) is 1.29. The van der Waals surface area contributed by atoms with Gasteiger partial charge in [-0.2, -0.15) is 0 Å². The molecule has 0 aromatic carbocycles. The largest absolute Gasteiger partial charge is 0.390 e. The zero-order chi connectivity index (χ0) is 8.44. The zero-order valence-electron chi connectivity index (χ0n) is 7.68. The van der Waals surface area contributed by atoms with Crippen LogP contribution in [0.5, 0.6) is 0 Å². The average molecular weight is 169 g/mol. The van der Waals surface area contributed by atoms with Crippen molar-refractivity contribution in [3.63, 3.8) is 0 Å². The molecule has 2 N–H and O–H groups in total. The lowest BCUT2D eigenvalue weighted by atomic mass is 9.74. The van der Waals surface area contributed by atoms with Crippen LogP contribution in [-0.2, 0) is 0 Å². The van der Waals surface area contributed by atoms with Crippen molar-refractivity contribution in [2.24, 2.45) is 5.92 Å². The fourth-order valence-corrected chi connectivity index (χ4v) is 2.33. The Morgan fingerprint density at radius 1 is 1.25 bits per heavy atom. The molecule has 1 saturated carbocycles. The number of hydrogen-bond donors (Lipinski definition) is 2. The van der Waals surface area contributed by atoms with E-state index < -0.39 is 0 Å². The van der Waals surface area contributed by atoms with E-state index in [1.807, 2.05) is 0 Å². The van der Waals surface area contributed by atoms with Gasteiger partial charge in [-0.15, -0.1) is 0 Å². The van der Waals surface area contributed by atoms with Crippen LogP contribution < -0.4 is 5.32 Å². The van der Waals surface area contributed by atoms with Gasteiger partial charge in [-0.1, -0.05) is 19.3 Å². The molecule has 0 spiro atoms. The van der Waals surface area contributed by atoms with Crippen molar-refractivity contribution in [2.45, 2.75) is 44.1 Å². The summed E-state index contributed by atoms with van der Waals surface area (Å²) >= 11 is 0. The van der Waals surface area contributed by atoms with Gasteiger partial charge in [0.15, 0.2) is 0 Å². The Kier molecular flexibility index (Phi) is 2.37. The van der Waals surface area contributed by atoms with Gasteiger partial charge in [-0.05, 0) is 38.3 Å². The minimum atomic E-state index is -0.309. The number of nitrogens with one attached hydrogen (secondary N) is 1. The molecule has 2 rings (SSSR count). The number of piperidine rings is 1. The zero-order valence-corrected chi connectivity index (χ0v) is 7.68. The van der Waals surface area contributed by atoms with Gasteiger partial charge in [0.1, 0.15) is 0 Å². The highest BCUT2D eigenvalue weighted by molar-refractivity contribution is 4.88. The Morgan fingerprint density at radius 2 is 1.92 bits per heavy atom. The van der Waals surface area contributed by atoms with Crippen molar-refractivity contribution in [2.75, 3.05) is 13.1 Å². The third kappa shape index (κ3) is 1.80. The minimum Gasteiger partial charge on any atom is -0.390 e. The van der Waals surface area contributed by atoms with Gasteiger partial charge in [0.05, 0.1) is 5.60 Å². The molecule has 1 aliphatic heterocycles. The van der Waals surface area contributed by atoms with Gasteiger partial charge in [0.25, 0.3) is 0 Å². The number of hydrogen-bond acceptors (Lipinski definition) is 2. The third-order valence-corrected chi connectivity index (χ3v) is 3.43. The van der Waals surface area contributed by atoms with E-state index in [0.717, 1.165) is 38.3 Å². The standard InChI is InChI=1S/C10H19NO/c12-10(4-6-11-7-5-10)8-9-2-1-3-9/h9,11-12H,1-8H2. The molecule has 2 heteroatoms. The molecule has 0 radical (unpaired) electrons. The van der Waals surface area contributed by atoms with E-state index in [1.54, 1.807) is 0 Å². The first kappa shape index (κ1) is 8.52. The summed E-state index contributed by atoms with van der Waals surface area (Å²) in [6.07, 6.45) is 7.09. The van der Waals surface area contributed by atoms with Crippen LogP contribution in [0.15, 0.2) is 0 Å². The summed E-state index contributed by atoms with van der Waals surface area (Å²) in [6.45, 7) is 2.01. The maximum Gasteiger partial charge on any atom is 0.0674 e. The molecule has 1 aliphatic carbocycles. The van der Waals surface area contributed by atoms with Crippen LogP contribution in [0.3, 0.4) is 0 Å². The Labute approximate surface area is 74.4 Å². The molecule has 1 saturated heterocycles. The topological polar surface area (TPSA) is 32.3 Å². The van der Waals surface area contributed by atoms with Gasteiger partial charge >= 0.3 is 0 Å². The molecule has 0 atom stereocenters. The van der Waals surface area contributed by atoms with Crippen LogP contribution in [0.4, 0.5) is 0 Å². The smallest absolute Gasteiger partial charge is 0.0674 e. The SMILES string of the molecule is OC1(CC2CCC2)CCNCC1. The summed E-state index contributed by atoms with van der Waals surface area (Å²) in [5.74, 6) is 0.841. The minimum absolute atomic E-state index is 0.309. The van der Waals surface area contributed by atoms with Gasteiger partial charge in [-0.3, -0.25) is 0 Å². The highest BCUT2D eigenvalue weighted by Crippen LogP contribution is 2.36. The van der Waals surface area contributed by atoms with Gasteiger partial charge in [0, 0.05) is 0 Å². The first-order valence-corrected chi connectivity index (χ1v) is 5.22. The second-order valence-electron chi connectivity index (χ2n) is 4.48. The van der Waals surface area contributed by atoms with Crippen LogP contribution in [-0.4, -0.2) is 23.8 Å². The lowest BCUT2D eigenvalue weighted by Crippen LogP contribution is -2.43. The van der Waals surface area contributed by atoms with Crippen LogP contribution in [0.25, 0.3) is 0 Å². The second-order valence-corrected chi connectivity index (χ2v) is 4.48. The third-order valence-electron chi connectivity index (χ3n) is 3.43. The highest BCUT2D eigenvalue weighted by Gasteiger charge is 2.33. The predicted molar refractivity (Wildman–Crippen MR) is 49.0 cm³/mol. The van der Waals surface area contributed by atoms with E-state index in [2.05, 4.69) is 5.32 Å². The van der Waals surface area contributed by atoms with Crippen LogP contribution >= 0.6 is 0 Å². The number of aliphatic hydroxyl groups is 1. The first-order chi connectivity index (χ1) is 5.79. The lowest BCUT2D eigenvalue weighted by molar-refractivity contribution is -0.0218. The summed E-state index contributed by atoms with van der Waals surface area (Å²) in [5.41, 5.74) is -0.309. The molecule has 0 unspecified atom stereocenters. The fourth-order valence-electron chi connectivity index (χ4n) is 2.33. The second kappa shape index (κ2) is 3.35. The Morgan fingerprint density at radius 3 is 2.42 bits per heavy atom. The van der Waals surface area contributed by atoms with Crippen molar-refractivity contribution < 1.29 is 5.11 Å². The van der Waals surface area contributed by atoms with Gasteiger partial charge < -0.3 is 10.4 Å². The van der Waals surface area contributed by atoms with Crippen molar-refractivity contribution in [3.8, 4) is 0 Å². The van der Waals surface area contributed by atoms with E-state index in [1.165, 1.54) is 19.3 Å². The maximum absolute atomic E-state index is 10.2.